The van der Waals surface area contributed by atoms with Crippen LogP contribution >= 0.6 is 0 Å². The largest absolute Gasteiger partial charge is 0.412 e. The number of benzene rings is 1. The topological polar surface area (TPSA) is 35.2 Å². The van der Waals surface area contributed by atoms with E-state index in [0.717, 1.165) is 16.0 Å². The van der Waals surface area contributed by atoms with Gasteiger partial charge in [0.05, 0.1) is 0 Å². The molecule has 0 saturated carbocycles. The lowest BCUT2D eigenvalue weighted by Gasteiger charge is -1.96. The van der Waals surface area contributed by atoms with E-state index in [1.807, 2.05) is 24.3 Å². The van der Waals surface area contributed by atoms with Crippen LogP contribution in [0.2, 0.25) is 0 Å². The quantitative estimate of drug-likeness (QED) is 0.397. The van der Waals surface area contributed by atoms with E-state index in [0.29, 0.717) is 0 Å². The van der Waals surface area contributed by atoms with Gasteiger partial charge in [0.1, 0.15) is 5.75 Å². The second kappa shape index (κ2) is 2.66. The van der Waals surface area contributed by atoms with Gasteiger partial charge in [0.25, 0.3) is 0 Å². The van der Waals surface area contributed by atoms with E-state index >= 15 is 0 Å². The molecule has 1 aromatic rings. The van der Waals surface area contributed by atoms with Crippen LogP contribution in [0.5, 0.6) is 5.75 Å². The first kappa shape index (κ1) is 6.32. The van der Waals surface area contributed by atoms with Crippen LogP contribution in [0.15, 0.2) is 24.3 Å². The zero-order valence-electron chi connectivity index (χ0n) is 5.29. The van der Waals surface area contributed by atoms with Crippen LogP contribution in [0.25, 0.3) is 0 Å². The summed E-state index contributed by atoms with van der Waals surface area (Å²) < 4.78 is 0. The van der Waals surface area contributed by atoms with Crippen molar-refractivity contribution in [1.82, 2.24) is 0 Å². The van der Waals surface area contributed by atoms with E-state index in [4.69, 9.17) is 5.90 Å². The van der Waals surface area contributed by atoms with Gasteiger partial charge in [-0.3, -0.25) is 0 Å². The third-order valence-corrected chi connectivity index (χ3v) is 1.82. The minimum absolute atomic E-state index is 0.717. The summed E-state index contributed by atoms with van der Waals surface area (Å²) in [6.45, 7) is 0. The van der Waals surface area contributed by atoms with Crippen molar-refractivity contribution in [1.29, 1.82) is 0 Å². The summed E-state index contributed by atoms with van der Waals surface area (Å²) in [6, 6.07) is 7.74. The number of nitrogens with two attached hydrogens (primary N) is 1. The van der Waals surface area contributed by atoms with Gasteiger partial charge in [-0.1, -0.05) is 17.3 Å². The van der Waals surface area contributed by atoms with E-state index in [1.54, 1.807) is 0 Å². The standard InChI is InChI=1S/C6H9NOSi/c7-8-5-1-3-6(9)4-2-5/h1-4H,7H2,9H3. The molecule has 0 aliphatic heterocycles. The van der Waals surface area contributed by atoms with Crippen molar-refractivity contribution >= 4 is 15.4 Å². The zero-order valence-corrected chi connectivity index (χ0v) is 7.29. The molecule has 0 heterocycles. The van der Waals surface area contributed by atoms with Gasteiger partial charge < -0.3 is 4.84 Å². The molecule has 0 aliphatic carbocycles. The molecular weight excluding hydrogens is 130 g/mol. The average Bonchev–Trinajstić information content (AvgIpc) is 1.90. The molecule has 48 valence electrons. The van der Waals surface area contributed by atoms with E-state index in [1.165, 1.54) is 5.19 Å². The van der Waals surface area contributed by atoms with Gasteiger partial charge in [0.15, 0.2) is 0 Å². The Morgan fingerprint density at radius 2 is 1.78 bits per heavy atom. The molecule has 9 heavy (non-hydrogen) atoms. The molecule has 0 radical (unpaired) electrons. The van der Waals surface area contributed by atoms with E-state index in [9.17, 15) is 0 Å². The molecule has 0 atom stereocenters. The summed E-state index contributed by atoms with van der Waals surface area (Å²) in [5.74, 6) is 5.63. The molecule has 0 fully saturated rings. The molecule has 3 heteroatoms. The van der Waals surface area contributed by atoms with Gasteiger partial charge in [-0.15, -0.1) is 0 Å². The lowest BCUT2D eigenvalue weighted by Crippen LogP contribution is -2.04. The molecule has 0 aromatic heterocycles. The van der Waals surface area contributed by atoms with Crippen molar-refractivity contribution in [3.63, 3.8) is 0 Å². The first-order valence-corrected chi connectivity index (χ1v) is 3.76. The van der Waals surface area contributed by atoms with Crippen LogP contribution in [-0.4, -0.2) is 10.2 Å². The molecular formula is C6H9NOSi. The van der Waals surface area contributed by atoms with Gasteiger partial charge in [-0.2, -0.15) is 5.90 Å². The fourth-order valence-corrected chi connectivity index (χ4v) is 0.950. The fourth-order valence-electron chi connectivity index (χ4n) is 0.617. The van der Waals surface area contributed by atoms with Crippen molar-refractivity contribution in [2.45, 2.75) is 0 Å². The summed E-state index contributed by atoms with van der Waals surface area (Å²) in [6.07, 6.45) is 0. The average molecular weight is 139 g/mol. The Balaban J connectivity index is 2.88. The first-order chi connectivity index (χ1) is 4.33. The predicted molar refractivity (Wildman–Crippen MR) is 40.8 cm³/mol. The van der Waals surface area contributed by atoms with E-state index < -0.39 is 0 Å². The van der Waals surface area contributed by atoms with Crippen molar-refractivity contribution in [2.24, 2.45) is 5.90 Å². The van der Waals surface area contributed by atoms with Crippen LogP contribution in [0.1, 0.15) is 0 Å². The molecule has 0 spiro atoms. The summed E-state index contributed by atoms with van der Waals surface area (Å²) in [5.41, 5.74) is 0. The minimum Gasteiger partial charge on any atom is -0.412 e. The molecule has 2 nitrogen and oxygen atoms in total. The molecule has 1 aromatic carbocycles. The van der Waals surface area contributed by atoms with Gasteiger partial charge in [-0.25, -0.2) is 0 Å². The first-order valence-electron chi connectivity index (χ1n) is 2.76. The van der Waals surface area contributed by atoms with Gasteiger partial charge in [-0.05, 0) is 12.1 Å². The smallest absolute Gasteiger partial charge is 0.146 e. The van der Waals surface area contributed by atoms with Gasteiger partial charge in [0, 0.05) is 10.2 Å². The zero-order chi connectivity index (χ0) is 6.69. The second-order valence-corrected chi connectivity index (χ2v) is 3.09. The maximum atomic E-state index is 4.91. The Bertz CT molecular complexity index is 185. The highest BCUT2D eigenvalue weighted by molar-refractivity contribution is 6.32. The lowest BCUT2D eigenvalue weighted by atomic mass is 10.3. The summed E-state index contributed by atoms with van der Waals surface area (Å²) in [7, 11) is 1.08. The van der Waals surface area contributed by atoms with Crippen LogP contribution < -0.4 is 15.9 Å². The molecule has 2 N–H and O–H groups in total. The lowest BCUT2D eigenvalue weighted by molar-refractivity contribution is 0.334. The van der Waals surface area contributed by atoms with E-state index in [-0.39, 0.29) is 0 Å². The Hall–Kier alpha value is -0.803. The van der Waals surface area contributed by atoms with Gasteiger partial charge >= 0.3 is 0 Å². The molecule has 0 aliphatic rings. The fraction of sp³-hybridized carbons (Fsp3) is 0. The Labute approximate surface area is 57.0 Å². The van der Waals surface area contributed by atoms with E-state index in [2.05, 4.69) is 4.84 Å². The second-order valence-electron chi connectivity index (χ2n) is 1.93. The maximum absolute atomic E-state index is 4.91. The SMILES string of the molecule is NOc1ccc([SiH3])cc1. The molecule has 0 unspecified atom stereocenters. The molecule has 0 saturated heterocycles. The third-order valence-electron chi connectivity index (χ3n) is 1.16. The van der Waals surface area contributed by atoms with Crippen molar-refractivity contribution in [3.05, 3.63) is 24.3 Å². The highest BCUT2D eigenvalue weighted by Gasteiger charge is 1.86. The van der Waals surface area contributed by atoms with Crippen LogP contribution in [0.3, 0.4) is 0 Å². The Kier molecular flexibility index (Phi) is 1.87. The van der Waals surface area contributed by atoms with Gasteiger partial charge in [0.2, 0.25) is 0 Å². The summed E-state index contributed by atoms with van der Waals surface area (Å²) in [4.78, 5) is 4.48. The summed E-state index contributed by atoms with van der Waals surface area (Å²) in [5, 5.41) is 1.34. The predicted octanol–water partition coefficient (Wildman–Crippen LogP) is -1.07. The molecule has 1 rings (SSSR count). The highest BCUT2D eigenvalue weighted by atomic mass is 28.1. The highest BCUT2D eigenvalue weighted by Crippen LogP contribution is 2.03. The Morgan fingerprint density at radius 1 is 1.22 bits per heavy atom. The Morgan fingerprint density at radius 3 is 2.22 bits per heavy atom. The van der Waals surface area contributed by atoms with Crippen molar-refractivity contribution in [3.8, 4) is 5.75 Å². The number of hydrogen-bond acceptors (Lipinski definition) is 2. The van der Waals surface area contributed by atoms with Crippen LogP contribution in [0, 0.1) is 0 Å². The van der Waals surface area contributed by atoms with Crippen molar-refractivity contribution in [2.75, 3.05) is 0 Å². The maximum Gasteiger partial charge on any atom is 0.146 e. The van der Waals surface area contributed by atoms with Crippen molar-refractivity contribution < 1.29 is 4.84 Å². The van der Waals surface area contributed by atoms with Crippen LogP contribution in [0.4, 0.5) is 0 Å². The van der Waals surface area contributed by atoms with Crippen LogP contribution in [-0.2, 0) is 0 Å². The normalized spacial score (nSPS) is 9.44. The number of hydrogen-bond donors (Lipinski definition) is 1. The minimum atomic E-state index is 0.717. The molecule has 0 bridgehead atoms. The third kappa shape index (κ3) is 1.55. The monoisotopic (exact) mass is 139 g/mol. The summed E-state index contributed by atoms with van der Waals surface area (Å²) >= 11 is 0. The molecule has 0 amide bonds. The number of rotatable bonds is 1.